The standard InChI is InChI=1S/C25H27N7O2/c1-18(20-8-5-13-31(15-20)25(33)34-16-19-6-3-2-4-7-19)29-24-27-12-10-23(30-24)32-17-28-21-14-26-11-9-22(21)32/h2-4,6-7,9-12,14,17-18,20H,5,8,13,15-16H2,1H3,(H,27,29,30). The van der Waals surface area contributed by atoms with Crippen molar-refractivity contribution in [3.8, 4) is 5.82 Å². The Morgan fingerprint density at radius 1 is 1.18 bits per heavy atom. The molecule has 174 valence electrons. The molecule has 0 spiro atoms. The van der Waals surface area contributed by atoms with Gasteiger partial charge in [0.1, 0.15) is 24.3 Å². The Labute approximate surface area is 197 Å². The zero-order valence-corrected chi connectivity index (χ0v) is 19.0. The molecule has 1 aliphatic rings. The third-order valence-corrected chi connectivity index (χ3v) is 6.22. The van der Waals surface area contributed by atoms with E-state index in [9.17, 15) is 4.79 Å². The summed E-state index contributed by atoms with van der Waals surface area (Å²) in [6, 6.07) is 13.6. The fourth-order valence-corrected chi connectivity index (χ4v) is 4.32. The lowest BCUT2D eigenvalue weighted by atomic mass is 9.92. The van der Waals surface area contributed by atoms with Crippen LogP contribution < -0.4 is 5.32 Å². The van der Waals surface area contributed by atoms with E-state index in [2.05, 4.69) is 27.2 Å². The minimum atomic E-state index is -0.263. The summed E-state index contributed by atoms with van der Waals surface area (Å²) in [6.45, 7) is 3.75. The van der Waals surface area contributed by atoms with Crippen molar-refractivity contribution in [1.82, 2.24) is 29.4 Å². The predicted molar refractivity (Wildman–Crippen MR) is 128 cm³/mol. The summed E-state index contributed by atoms with van der Waals surface area (Å²) < 4.78 is 7.45. The maximum Gasteiger partial charge on any atom is 0.410 e. The first kappa shape index (κ1) is 21.8. The summed E-state index contributed by atoms with van der Waals surface area (Å²) in [5.41, 5.74) is 2.73. The van der Waals surface area contributed by atoms with Crippen molar-refractivity contribution in [3.05, 3.63) is 72.9 Å². The van der Waals surface area contributed by atoms with E-state index in [1.54, 1.807) is 29.8 Å². The number of hydrogen-bond donors (Lipinski definition) is 1. The summed E-state index contributed by atoms with van der Waals surface area (Å²) in [7, 11) is 0. The molecule has 0 bridgehead atoms. The lowest BCUT2D eigenvalue weighted by Gasteiger charge is -2.35. The highest BCUT2D eigenvalue weighted by molar-refractivity contribution is 5.75. The number of likely N-dealkylation sites (tertiary alicyclic amines) is 1. The third kappa shape index (κ3) is 4.83. The number of amides is 1. The van der Waals surface area contributed by atoms with Crippen LogP contribution in [0.1, 0.15) is 25.3 Å². The van der Waals surface area contributed by atoms with Crippen LogP contribution in [0.4, 0.5) is 10.7 Å². The molecule has 2 unspecified atom stereocenters. The minimum Gasteiger partial charge on any atom is -0.445 e. The number of piperidine rings is 1. The highest BCUT2D eigenvalue weighted by atomic mass is 16.6. The number of ether oxygens (including phenoxy) is 1. The number of carbonyl (C=O) groups is 1. The fourth-order valence-electron chi connectivity index (χ4n) is 4.32. The lowest BCUT2D eigenvalue weighted by molar-refractivity contribution is 0.0773. The maximum absolute atomic E-state index is 12.6. The largest absolute Gasteiger partial charge is 0.445 e. The first-order valence-electron chi connectivity index (χ1n) is 11.5. The molecular formula is C25H27N7O2. The Morgan fingerprint density at radius 2 is 2.06 bits per heavy atom. The van der Waals surface area contributed by atoms with E-state index >= 15 is 0 Å². The topological polar surface area (TPSA) is 98.1 Å². The molecule has 1 saturated heterocycles. The molecule has 34 heavy (non-hydrogen) atoms. The second kappa shape index (κ2) is 9.86. The molecule has 1 fully saturated rings. The van der Waals surface area contributed by atoms with Crippen molar-refractivity contribution < 1.29 is 9.53 Å². The van der Waals surface area contributed by atoms with Crippen LogP contribution in [0.15, 0.2) is 67.4 Å². The number of nitrogens with one attached hydrogen (secondary N) is 1. The van der Waals surface area contributed by atoms with Crippen molar-refractivity contribution in [2.75, 3.05) is 18.4 Å². The van der Waals surface area contributed by atoms with Gasteiger partial charge in [-0.3, -0.25) is 9.55 Å². The molecule has 5 rings (SSSR count). The van der Waals surface area contributed by atoms with Crippen LogP contribution in [0.3, 0.4) is 0 Å². The fraction of sp³-hybridized carbons (Fsp3) is 0.320. The van der Waals surface area contributed by atoms with Crippen molar-refractivity contribution in [1.29, 1.82) is 0 Å². The normalized spacial score (nSPS) is 16.9. The van der Waals surface area contributed by atoms with Crippen molar-refractivity contribution in [2.24, 2.45) is 5.92 Å². The Balaban J connectivity index is 1.21. The van der Waals surface area contributed by atoms with Crippen LogP contribution >= 0.6 is 0 Å². The molecular weight excluding hydrogens is 430 g/mol. The van der Waals surface area contributed by atoms with E-state index < -0.39 is 0 Å². The van der Waals surface area contributed by atoms with Crippen LogP contribution in [-0.4, -0.2) is 54.6 Å². The summed E-state index contributed by atoms with van der Waals surface area (Å²) in [4.78, 5) is 32.0. The number of pyridine rings is 1. The van der Waals surface area contributed by atoms with Crippen LogP contribution in [0.2, 0.25) is 0 Å². The molecule has 0 radical (unpaired) electrons. The van der Waals surface area contributed by atoms with Gasteiger partial charge in [-0.25, -0.2) is 14.8 Å². The highest BCUT2D eigenvalue weighted by Crippen LogP contribution is 2.23. The van der Waals surface area contributed by atoms with Gasteiger partial charge in [0.15, 0.2) is 0 Å². The molecule has 4 aromatic rings. The van der Waals surface area contributed by atoms with Crippen molar-refractivity contribution >= 4 is 23.1 Å². The van der Waals surface area contributed by atoms with E-state index in [-0.39, 0.29) is 24.7 Å². The lowest BCUT2D eigenvalue weighted by Crippen LogP contribution is -2.45. The molecule has 1 amide bonds. The molecule has 0 saturated carbocycles. The van der Waals surface area contributed by atoms with Crippen LogP contribution in [0.5, 0.6) is 0 Å². The van der Waals surface area contributed by atoms with Gasteiger partial charge in [-0.2, -0.15) is 4.98 Å². The number of aromatic nitrogens is 5. The first-order chi connectivity index (χ1) is 16.7. The van der Waals surface area contributed by atoms with E-state index in [0.717, 1.165) is 35.3 Å². The van der Waals surface area contributed by atoms with E-state index in [1.165, 1.54) is 0 Å². The molecule has 2 atom stereocenters. The average molecular weight is 458 g/mol. The number of benzene rings is 1. The number of imidazole rings is 1. The molecule has 3 aromatic heterocycles. The van der Waals surface area contributed by atoms with Crippen molar-refractivity contribution in [2.45, 2.75) is 32.4 Å². The SMILES string of the molecule is CC(Nc1nccc(-n2cnc3cnccc32)n1)C1CCCN(C(=O)OCc2ccccc2)C1. The van der Waals surface area contributed by atoms with Crippen molar-refractivity contribution in [3.63, 3.8) is 0 Å². The zero-order valence-electron chi connectivity index (χ0n) is 19.0. The van der Waals surface area contributed by atoms with Gasteiger partial charge in [0.05, 0.1) is 11.7 Å². The number of fused-ring (bicyclic) bond motifs is 1. The van der Waals surface area contributed by atoms with Gasteiger partial charge in [0.25, 0.3) is 0 Å². The summed E-state index contributed by atoms with van der Waals surface area (Å²) in [5, 5.41) is 3.43. The number of anilines is 1. The van der Waals surface area contributed by atoms with Gasteiger partial charge in [0.2, 0.25) is 5.95 Å². The summed E-state index contributed by atoms with van der Waals surface area (Å²) in [5.74, 6) is 1.54. The van der Waals surface area contributed by atoms with E-state index in [0.29, 0.717) is 19.0 Å². The second-order valence-corrected chi connectivity index (χ2v) is 8.54. The smallest absolute Gasteiger partial charge is 0.410 e. The first-order valence-corrected chi connectivity index (χ1v) is 11.5. The number of rotatable bonds is 6. The van der Waals surface area contributed by atoms with Gasteiger partial charge in [-0.05, 0) is 43.4 Å². The zero-order chi connectivity index (χ0) is 23.3. The van der Waals surface area contributed by atoms with Crippen LogP contribution in [0.25, 0.3) is 16.9 Å². The number of hydrogen-bond acceptors (Lipinski definition) is 7. The van der Waals surface area contributed by atoms with E-state index in [1.807, 2.05) is 47.0 Å². The quantitative estimate of drug-likeness (QED) is 0.466. The minimum absolute atomic E-state index is 0.0868. The molecule has 1 aromatic carbocycles. The molecule has 9 heteroatoms. The molecule has 1 aliphatic heterocycles. The summed E-state index contributed by atoms with van der Waals surface area (Å²) in [6.07, 6.45) is 8.64. The van der Waals surface area contributed by atoms with Gasteiger partial charge < -0.3 is 15.0 Å². The Kier molecular flexibility index (Phi) is 6.33. The van der Waals surface area contributed by atoms with Gasteiger partial charge >= 0.3 is 6.09 Å². The highest BCUT2D eigenvalue weighted by Gasteiger charge is 2.28. The Bertz CT molecular complexity index is 1260. The van der Waals surface area contributed by atoms with Gasteiger partial charge in [0, 0.05) is 31.5 Å². The Morgan fingerprint density at radius 3 is 2.94 bits per heavy atom. The van der Waals surface area contributed by atoms with Crippen LogP contribution in [-0.2, 0) is 11.3 Å². The molecule has 4 heterocycles. The number of nitrogens with zero attached hydrogens (tertiary/aromatic N) is 6. The third-order valence-electron chi connectivity index (χ3n) is 6.22. The van der Waals surface area contributed by atoms with Gasteiger partial charge in [-0.1, -0.05) is 30.3 Å². The molecule has 0 aliphatic carbocycles. The number of carbonyl (C=O) groups excluding carboxylic acids is 1. The monoisotopic (exact) mass is 457 g/mol. The second-order valence-electron chi connectivity index (χ2n) is 8.54. The molecule has 9 nitrogen and oxygen atoms in total. The summed E-state index contributed by atoms with van der Waals surface area (Å²) >= 11 is 0. The maximum atomic E-state index is 12.6. The van der Waals surface area contributed by atoms with Gasteiger partial charge in [-0.15, -0.1) is 0 Å². The van der Waals surface area contributed by atoms with Crippen LogP contribution in [0, 0.1) is 5.92 Å². The van der Waals surface area contributed by atoms with E-state index in [4.69, 9.17) is 9.72 Å². The predicted octanol–water partition coefficient (Wildman–Crippen LogP) is 4.06. The average Bonchev–Trinajstić information content (AvgIpc) is 3.32. The Hall–Kier alpha value is -4.01. The molecule has 1 N–H and O–H groups in total.